The summed E-state index contributed by atoms with van der Waals surface area (Å²) in [7, 11) is -3.69. The molecule has 0 saturated carbocycles. The van der Waals surface area contributed by atoms with E-state index >= 15 is 0 Å². The maximum atomic E-state index is 12.6. The number of piperazine rings is 1. The number of amides is 1. The summed E-state index contributed by atoms with van der Waals surface area (Å²) in [5.41, 5.74) is 5.13. The third kappa shape index (κ3) is 3.87. The van der Waals surface area contributed by atoms with Crippen LogP contribution in [0, 0.1) is 0 Å². The standard InChI is InChI=1S/C12H15Cl2N3O3S/c13-9-1-2-10(14)11(7-9)21(19,20)17-5-3-16(4-6-17)8-12(15)18/h1-2,7H,3-6,8H2,(H2,15,18). The first-order chi connectivity index (χ1) is 9.80. The van der Waals surface area contributed by atoms with E-state index in [4.69, 9.17) is 28.9 Å². The van der Waals surface area contributed by atoms with Crippen LogP contribution >= 0.6 is 23.2 Å². The van der Waals surface area contributed by atoms with Gasteiger partial charge in [0.15, 0.2) is 0 Å². The van der Waals surface area contributed by atoms with Gasteiger partial charge in [0.1, 0.15) is 4.90 Å². The molecule has 2 rings (SSSR count). The van der Waals surface area contributed by atoms with Crippen molar-refractivity contribution in [3.05, 3.63) is 28.2 Å². The molecule has 1 aromatic rings. The summed E-state index contributed by atoms with van der Waals surface area (Å²) in [6.45, 7) is 1.57. The lowest BCUT2D eigenvalue weighted by Crippen LogP contribution is -2.50. The number of rotatable bonds is 4. The normalized spacial score (nSPS) is 17.8. The number of nitrogens with zero attached hydrogens (tertiary/aromatic N) is 2. The lowest BCUT2D eigenvalue weighted by molar-refractivity contribution is -0.119. The van der Waals surface area contributed by atoms with Crippen molar-refractivity contribution in [3.63, 3.8) is 0 Å². The number of primary amides is 1. The van der Waals surface area contributed by atoms with Crippen LogP contribution in [-0.2, 0) is 14.8 Å². The summed E-state index contributed by atoms with van der Waals surface area (Å²) in [6, 6.07) is 4.34. The number of hydrogen-bond donors (Lipinski definition) is 1. The summed E-state index contributed by atoms with van der Waals surface area (Å²) in [6.07, 6.45) is 0. The maximum absolute atomic E-state index is 12.6. The van der Waals surface area contributed by atoms with Gasteiger partial charge in [-0.3, -0.25) is 9.69 Å². The Labute approximate surface area is 133 Å². The fraction of sp³-hybridized carbons (Fsp3) is 0.417. The molecular formula is C12H15Cl2N3O3S. The Morgan fingerprint density at radius 3 is 2.38 bits per heavy atom. The van der Waals surface area contributed by atoms with Gasteiger partial charge >= 0.3 is 0 Å². The Balaban J connectivity index is 2.15. The van der Waals surface area contributed by atoms with E-state index in [1.165, 1.54) is 22.5 Å². The number of carbonyl (C=O) groups excluding carboxylic acids is 1. The third-order valence-electron chi connectivity index (χ3n) is 3.22. The van der Waals surface area contributed by atoms with Gasteiger partial charge in [0.2, 0.25) is 15.9 Å². The molecule has 1 fully saturated rings. The molecule has 0 radical (unpaired) electrons. The molecule has 0 unspecified atom stereocenters. The van der Waals surface area contributed by atoms with E-state index in [0.717, 1.165) is 0 Å². The zero-order valence-electron chi connectivity index (χ0n) is 11.1. The highest BCUT2D eigenvalue weighted by Crippen LogP contribution is 2.28. The van der Waals surface area contributed by atoms with E-state index in [0.29, 0.717) is 18.1 Å². The second-order valence-electron chi connectivity index (χ2n) is 4.72. The second kappa shape index (κ2) is 6.50. The number of hydrogen-bond acceptors (Lipinski definition) is 4. The van der Waals surface area contributed by atoms with E-state index in [-0.39, 0.29) is 29.6 Å². The molecule has 1 aromatic carbocycles. The average molecular weight is 352 g/mol. The van der Waals surface area contributed by atoms with Crippen molar-refractivity contribution in [2.24, 2.45) is 5.73 Å². The summed E-state index contributed by atoms with van der Waals surface area (Å²) < 4.78 is 26.5. The Hall–Kier alpha value is -0.860. The topological polar surface area (TPSA) is 83.7 Å². The number of sulfonamides is 1. The van der Waals surface area contributed by atoms with Crippen LogP contribution < -0.4 is 5.73 Å². The molecule has 1 saturated heterocycles. The molecular weight excluding hydrogens is 337 g/mol. The Morgan fingerprint density at radius 1 is 1.19 bits per heavy atom. The van der Waals surface area contributed by atoms with E-state index < -0.39 is 15.9 Å². The van der Waals surface area contributed by atoms with Crippen LogP contribution in [0.5, 0.6) is 0 Å². The fourth-order valence-electron chi connectivity index (χ4n) is 2.16. The van der Waals surface area contributed by atoms with Crippen molar-refractivity contribution in [3.8, 4) is 0 Å². The highest BCUT2D eigenvalue weighted by atomic mass is 35.5. The molecule has 2 N–H and O–H groups in total. The average Bonchev–Trinajstić information content (AvgIpc) is 2.41. The zero-order valence-corrected chi connectivity index (χ0v) is 13.5. The molecule has 9 heteroatoms. The monoisotopic (exact) mass is 351 g/mol. The molecule has 21 heavy (non-hydrogen) atoms. The second-order valence-corrected chi connectivity index (χ2v) is 7.47. The van der Waals surface area contributed by atoms with Crippen LogP contribution in [0.3, 0.4) is 0 Å². The summed E-state index contributed by atoms with van der Waals surface area (Å²) in [5, 5.41) is 0.448. The third-order valence-corrected chi connectivity index (χ3v) is 5.84. The minimum absolute atomic E-state index is 0.0000166. The predicted octanol–water partition coefficient (Wildman–Crippen LogP) is 0.785. The van der Waals surface area contributed by atoms with Crippen LogP contribution in [0.2, 0.25) is 10.0 Å². The van der Waals surface area contributed by atoms with Crippen molar-refractivity contribution < 1.29 is 13.2 Å². The molecule has 6 nitrogen and oxygen atoms in total. The van der Waals surface area contributed by atoms with E-state index in [1.54, 1.807) is 0 Å². The Morgan fingerprint density at radius 2 is 1.81 bits per heavy atom. The Kier molecular flexibility index (Phi) is 5.11. The summed E-state index contributed by atoms with van der Waals surface area (Å²) >= 11 is 11.8. The van der Waals surface area contributed by atoms with Crippen LogP contribution in [-0.4, -0.2) is 56.3 Å². The smallest absolute Gasteiger partial charge is 0.244 e. The number of nitrogens with two attached hydrogens (primary N) is 1. The van der Waals surface area contributed by atoms with Gasteiger partial charge in [-0.05, 0) is 18.2 Å². The summed E-state index contributed by atoms with van der Waals surface area (Å²) in [4.78, 5) is 12.7. The largest absolute Gasteiger partial charge is 0.369 e. The van der Waals surface area contributed by atoms with Gasteiger partial charge in [0.25, 0.3) is 0 Å². The predicted molar refractivity (Wildman–Crippen MR) is 80.9 cm³/mol. The minimum Gasteiger partial charge on any atom is -0.369 e. The number of benzene rings is 1. The quantitative estimate of drug-likeness (QED) is 0.868. The number of halogens is 2. The van der Waals surface area contributed by atoms with Gasteiger partial charge in [-0.2, -0.15) is 4.31 Å². The first-order valence-electron chi connectivity index (χ1n) is 6.26. The van der Waals surface area contributed by atoms with E-state index in [9.17, 15) is 13.2 Å². The molecule has 1 heterocycles. The molecule has 116 valence electrons. The van der Waals surface area contributed by atoms with Crippen LogP contribution in [0.15, 0.2) is 23.1 Å². The van der Waals surface area contributed by atoms with Gasteiger partial charge in [0.05, 0.1) is 11.6 Å². The SMILES string of the molecule is NC(=O)CN1CCN(S(=O)(=O)c2cc(Cl)ccc2Cl)CC1. The lowest BCUT2D eigenvalue weighted by Gasteiger charge is -2.33. The molecule has 1 aliphatic rings. The van der Waals surface area contributed by atoms with E-state index in [1.807, 2.05) is 4.90 Å². The van der Waals surface area contributed by atoms with Crippen LogP contribution in [0.25, 0.3) is 0 Å². The van der Waals surface area contributed by atoms with E-state index in [2.05, 4.69) is 0 Å². The first kappa shape index (κ1) is 16.5. The highest BCUT2D eigenvalue weighted by Gasteiger charge is 2.30. The molecule has 0 atom stereocenters. The van der Waals surface area contributed by atoms with Crippen molar-refractivity contribution in [1.82, 2.24) is 9.21 Å². The highest BCUT2D eigenvalue weighted by molar-refractivity contribution is 7.89. The van der Waals surface area contributed by atoms with Crippen molar-refractivity contribution >= 4 is 39.1 Å². The molecule has 1 amide bonds. The zero-order chi connectivity index (χ0) is 15.6. The van der Waals surface area contributed by atoms with Crippen LogP contribution in [0.4, 0.5) is 0 Å². The van der Waals surface area contributed by atoms with Gasteiger partial charge in [-0.15, -0.1) is 0 Å². The minimum atomic E-state index is -3.69. The molecule has 0 bridgehead atoms. The molecule has 0 aromatic heterocycles. The Bertz CT molecular complexity index is 643. The first-order valence-corrected chi connectivity index (χ1v) is 8.46. The van der Waals surface area contributed by atoms with Gasteiger partial charge in [0, 0.05) is 31.2 Å². The van der Waals surface area contributed by atoms with Crippen molar-refractivity contribution in [1.29, 1.82) is 0 Å². The van der Waals surface area contributed by atoms with Crippen LogP contribution in [0.1, 0.15) is 0 Å². The summed E-state index contributed by atoms with van der Waals surface area (Å²) in [5.74, 6) is -0.427. The van der Waals surface area contributed by atoms with Crippen molar-refractivity contribution in [2.45, 2.75) is 4.90 Å². The van der Waals surface area contributed by atoms with Gasteiger partial charge in [-0.1, -0.05) is 23.2 Å². The van der Waals surface area contributed by atoms with Crippen molar-refractivity contribution in [2.75, 3.05) is 32.7 Å². The fourth-order valence-corrected chi connectivity index (χ4v) is 4.32. The molecule has 0 aliphatic carbocycles. The number of carbonyl (C=O) groups is 1. The molecule has 1 aliphatic heterocycles. The van der Waals surface area contributed by atoms with Gasteiger partial charge < -0.3 is 5.73 Å². The maximum Gasteiger partial charge on any atom is 0.244 e. The lowest BCUT2D eigenvalue weighted by atomic mass is 10.3. The van der Waals surface area contributed by atoms with Gasteiger partial charge in [-0.25, -0.2) is 8.42 Å². The molecule has 0 spiro atoms.